The van der Waals surface area contributed by atoms with E-state index in [2.05, 4.69) is 168 Å². The molecule has 8 aromatic carbocycles. The molecule has 246 valence electrons. The SMILES string of the molecule is c1ccc(-c2ccc(-c3cc(-c4ccc(-n5c6ccccc6c6ccc7c(c65)-c5cccc6cccc-7c56)cc4)nc(-c4ccccc4)n3)cc2)cc1. The molecule has 0 atom stereocenters. The zero-order valence-corrected chi connectivity index (χ0v) is 28.7. The van der Waals surface area contributed by atoms with Crippen LogP contribution in [0.3, 0.4) is 0 Å². The Bertz CT molecular complexity index is 3010. The summed E-state index contributed by atoms with van der Waals surface area (Å²) < 4.78 is 2.45. The Morgan fingerprint density at radius 2 is 0.962 bits per heavy atom. The molecule has 10 aromatic rings. The number of rotatable bonds is 5. The summed E-state index contributed by atoms with van der Waals surface area (Å²) in [6, 6.07) is 67.1. The third-order valence-corrected chi connectivity index (χ3v) is 10.8. The monoisotopic (exact) mass is 673 g/mol. The van der Waals surface area contributed by atoms with Crippen LogP contribution in [0.15, 0.2) is 188 Å². The number of hydrogen-bond acceptors (Lipinski definition) is 2. The van der Waals surface area contributed by atoms with Gasteiger partial charge in [0.15, 0.2) is 5.82 Å². The van der Waals surface area contributed by atoms with Gasteiger partial charge in [0, 0.05) is 38.7 Å². The predicted octanol–water partition coefficient (Wildman–Crippen LogP) is 13.0. The molecule has 2 aromatic heterocycles. The molecular weight excluding hydrogens is 643 g/mol. The normalized spacial score (nSPS) is 11.8. The second-order valence-corrected chi connectivity index (χ2v) is 13.8. The van der Waals surface area contributed by atoms with E-state index >= 15 is 0 Å². The van der Waals surface area contributed by atoms with Crippen molar-refractivity contribution in [3.8, 4) is 73.0 Å². The van der Waals surface area contributed by atoms with E-state index in [0.29, 0.717) is 5.82 Å². The molecule has 11 rings (SSSR count). The highest BCUT2D eigenvalue weighted by Gasteiger charge is 2.26. The van der Waals surface area contributed by atoms with Gasteiger partial charge in [-0.3, -0.25) is 0 Å². The quantitative estimate of drug-likeness (QED) is 0.182. The van der Waals surface area contributed by atoms with Crippen LogP contribution in [0.1, 0.15) is 0 Å². The number of fused-ring (bicyclic) bond motifs is 7. The molecule has 2 heterocycles. The molecular formula is C50H31N3. The topological polar surface area (TPSA) is 30.7 Å². The summed E-state index contributed by atoms with van der Waals surface area (Å²) >= 11 is 0. The van der Waals surface area contributed by atoms with Crippen molar-refractivity contribution >= 4 is 32.6 Å². The Morgan fingerprint density at radius 1 is 0.377 bits per heavy atom. The third-order valence-electron chi connectivity index (χ3n) is 10.8. The van der Waals surface area contributed by atoms with Crippen molar-refractivity contribution in [3.63, 3.8) is 0 Å². The van der Waals surface area contributed by atoms with E-state index in [1.54, 1.807) is 0 Å². The number of benzene rings is 8. The largest absolute Gasteiger partial charge is 0.309 e. The Labute approximate surface area is 307 Å². The Morgan fingerprint density at radius 3 is 1.68 bits per heavy atom. The summed E-state index contributed by atoms with van der Waals surface area (Å²) in [4.78, 5) is 10.2. The summed E-state index contributed by atoms with van der Waals surface area (Å²) in [5.74, 6) is 0.709. The van der Waals surface area contributed by atoms with Gasteiger partial charge in [-0.1, -0.05) is 164 Å². The molecule has 3 heteroatoms. The summed E-state index contributed by atoms with van der Waals surface area (Å²) in [5, 5.41) is 5.14. The lowest BCUT2D eigenvalue weighted by atomic mass is 10.00. The first-order valence-electron chi connectivity index (χ1n) is 18.1. The van der Waals surface area contributed by atoms with Crippen molar-refractivity contribution in [2.24, 2.45) is 0 Å². The van der Waals surface area contributed by atoms with E-state index < -0.39 is 0 Å². The molecule has 0 aliphatic heterocycles. The minimum absolute atomic E-state index is 0.709. The lowest BCUT2D eigenvalue weighted by Gasteiger charge is -2.13. The van der Waals surface area contributed by atoms with E-state index in [4.69, 9.17) is 9.97 Å². The molecule has 1 aliphatic carbocycles. The molecule has 0 unspecified atom stereocenters. The fourth-order valence-electron chi connectivity index (χ4n) is 8.30. The maximum Gasteiger partial charge on any atom is 0.160 e. The second kappa shape index (κ2) is 11.7. The fourth-order valence-corrected chi connectivity index (χ4v) is 8.30. The van der Waals surface area contributed by atoms with Crippen molar-refractivity contribution in [1.82, 2.24) is 14.5 Å². The van der Waals surface area contributed by atoms with Gasteiger partial charge < -0.3 is 4.57 Å². The zero-order chi connectivity index (χ0) is 34.9. The van der Waals surface area contributed by atoms with Gasteiger partial charge in [0.2, 0.25) is 0 Å². The van der Waals surface area contributed by atoms with Crippen molar-refractivity contribution in [1.29, 1.82) is 0 Å². The average Bonchev–Trinajstić information content (AvgIpc) is 3.75. The van der Waals surface area contributed by atoms with E-state index in [1.807, 2.05) is 24.3 Å². The van der Waals surface area contributed by atoms with Crippen molar-refractivity contribution in [2.45, 2.75) is 0 Å². The molecule has 0 amide bonds. The summed E-state index contributed by atoms with van der Waals surface area (Å²) in [6.07, 6.45) is 0. The van der Waals surface area contributed by atoms with Gasteiger partial charge in [-0.05, 0) is 62.9 Å². The molecule has 0 bridgehead atoms. The van der Waals surface area contributed by atoms with Gasteiger partial charge in [0.25, 0.3) is 0 Å². The van der Waals surface area contributed by atoms with Crippen molar-refractivity contribution in [2.75, 3.05) is 0 Å². The second-order valence-electron chi connectivity index (χ2n) is 13.8. The van der Waals surface area contributed by atoms with Crippen LogP contribution in [0.2, 0.25) is 0 Å². The molecule has 0 saturated heterocycles. The molecule has 0 radical (unpaired) electrons. The van der Waals surface area contributed by atoms with Gasteiger partial charge in [-0.25, -0.2) is 9.97 Å². The van der Waals surface area contributed by atoms with Crippen LogP contribution < -0.4 is 0 Å². The van der Waals surface area contributed by atoms with Crippen LogP contribution in [0.25, 0.3) is 106 Å². The van der Waals surface area contributed by atoms with E-state index in [1.165, 1.54) is 66.0 Å². The van der Waals surface area contributed by atoms with E-state index in [0.717, 1.165) is 33.8 Å². The molecule has 0 fully saturated rings. The number of nitrogens with zero attached hydrogens (tertiary/aromatic N) is 3. The highest BCUT2D eigenvalue weighted by molar-refractivity contribution is 6.24. The minimum Gasteiger partial charge on any atom is -0.309 e. The van der Waals surface area contributed by atoms with Crippen LogP contribution in [0.4, 0.5) is 0 Å². The Hall–Kier alpha value is -7.10. The van der Waals surface area contributed by atoms with Crippen LogP contribution in [-0.2, 0) is 0 Å². The van der Waals surface area contributed by atoms with Gasteiger partial charge in [-0.15, -0.1) is 0 Å². The summed E-state index contributed by atoms with van der Waals surface area (Å²) in [7, 11) is 0. The number of hydrogen-bond donors (Lipinski definition) is 0. The highest BCUT2D eigenvalue weighted by Crippen LogP contribution is 2.52. The maximum absolute atomic E-state index is 5.13. The molecule has 0 N–H and O–H groups in total. The molecule has 3 nitrogen and oxygen atoms in total. The summed E-state index contributed by atoms with van der Waals surface area (Å²) in [5.41, 5.74) is 16.0. The first-order chi connectivity index (χ1) is 26.3. The Balaban J connectivity index is 1.06. The van der Waals surface area contributed by atoms with E-state index in [-0.39, 0.29) is 0 Å². The van der Waals surface area contributed by atoms with Gasteiger partial charge >= 0.3 is 0 Å². The van der Waals surface area contributed by atoms with Gasteiger partial charge in [0.1, 0.15) is 0 Å². The van der Waals surface area contributed by atoms with E-state index in [9.17, 15) is 0 Å². The first-order valence-corrected chi connectivity index (χ1v) is 18.1. The zero-order valence-electron chi connectivity index (χ0n) is 28.7. The molecule has 53 heavy (non-hydrogen) atoms. The van der Waals surface area contributed by atoms with Gasteiger partial charge in [0.05, 0.1) is 22.4 Å². The Kier molecular flexibility index (Phi) is 6.55. The standard InChI is InChI=1S/C50H31N3/c1-3-11-32(12-4-1)33-21-23-34(24-22-33)44-31-45(52-50(51-44)37-13-5-2-6-14-37)35-25-27-38(28-26-35)53-46-20-8-7-17-39(46)42-30-29-41-40-18-9-15-36-16-10-19-43(47(36)40)48(41)49(42)53/h1-31H. The predicted molar refractivity (Wildman–Crippen MR) is 220 cm³/mol. The van der Waals surface area contributed by atoms with Crippen LogP contribution in [0, 0.1) is 0 Å². The lowest BCUT2D eigenvalue weighted by Crippen LogP contribution is -1.97. The van der Waals surface area contributed by atoms with Gasteiger partial charge in [-0.2, -0.15) is 0 Å². The van der Waals surface area contributed by atoms with Crippen LogP contribution in [-0.4, -0.2) is 14.5 Å². The highest BCUT2D eigenvalue weighted by atomic mass is 15.0. The number of aromatic nitrogens is 3. The summed E-state index contributed by atoms with van der Waals surface area (Å²) in [6.45, 7) is 0. The van der Waals surface area contributed by atoms with Crippen molar-refractivity contribution < 1.29 is 0 Å². The van der Waals surface area contributed by atoms with Crippen molar-refractivity contribution in [3.05, 3.63) is 188 Å². The first kappa shape index (κ1) is 29.6. The smallest absolute Gasteiger partial charge is 0.160 e. The van der Waals surface area contributed by atoms with Crippen LogP contribution >= 0.6 is 0 Å². The fraction of sp³-hybridized carbons (Fsp3) is 0. The number of para-hydroxylation sites is 1. The molecule has 1 aliphatic rings. The van der Waals surface area contributed by atoms with Crippen LogP contribution in [0.5, 0.6) is 0 Å². The average molecular weight is 674 g/mol. The maximum atomic E-state index is 5.13. The lowest BCUT2D eigenvalue weighted by molar-refractivity contribution is 1.17. The molecule has 0 spiro atoms. The molecule has 0 saturated carbocycles. The third kappa shape index (κ3) is 4.68. The minimum atomic E-state index is 0.709.